The zero-order chi connectivity index (χ0) is 23.7. The van der Waals surface area contributed by atoms with Gasteiger partial charge in [0.05, 0.1) is 5.25 Å². The van der Waals surface area contributed by atoms with E-state index in [1.807, 2.05) is 0 Å². The fourth-order valence-corrected chi connectivity index (χ4v) is 6.33. The molecule has 0 saturated heterocycles. The Morgan fingerprint density at radius 3 is 2.30 bits per heavy atom. The lowest BCUT2D eigenvalue weighted by atomic mass is 10.0. The molecule has 3 rings (SSSR count). The van der Waals surface area contributed by atoms with Crippen LogP contribution in [-0.4, -0.2) is 49.3 Å². The Morgan fingerprint density at radius 2 is 1.61 bits per heavy atom. The van der Waals surface area contributed by atoms with Gasteiger partial charge in [-0.2, -0.15) is 4.31 Å². The molecule has 1 saturated carbocycles. The van der Waals surface area contributed by atoms with Crippen molar-refractivity contribution in [2.75, 3.05) is 36.9 Å². The number of hydrogen-bond acceptors (Lipinski definition) is 7. The smallest absolute Gasteiger partial charge is 0.253 e. The van der Waals surface area contributed by atoms with Crippen molar-refractivity contribution in [1.82, 2.24) is 9.29 Å². The SMILES string of the molecule is O=c1c(NCCCCCCN(CCF)S(=O)(=O)C2CCCCC2)c(Nc2ccncc2)c1=O. The zero-order valence-corrected chi connectivity index (χ0v) is 19.7. The largest absolute Gasteiger partial charge is 0.380 e. The van der Waals surface area contributed by atoms with E-state index in [1.165, 1.54) is 4.31 Å². The summed E-state index contributed by atoms with van der Waals surface area (Å²) in [5, 5.41) is 5.61. The number of anilines is 3. The first kappa shape index (κ1) is 25.3. The minimum absolute atomic E-state index is 0.0715. The number of nitrogens with zero attached hydrogens (tertiary/aromatic N) is 2. The van der Waals surface area contributed by atoms with Crippen molar-refractivity contribution in [1.29, 1.82) is 0 Å². The van der Waals surface area contributed by atoms with Gasteiger partial charge in [0.1, 0.15) is 18.0 Å². The molecule has 1 aromatic carbocycles. The summed E-state index contributed by atoms with van der Waals surface area (Å²) < 4.78 is 40.0. The Morgan fingerprint density at radius 1 is 0.939 bits per heavy atom. The summed E-state index contributed by atoms with van der Waals surface area (Å²) in [6, 6.07) is 3.42. The van der Waals surface area contributed by atoms with Crippen molar-refractivity contribution in [2.24, 2.45) is 0 Å². The van der Waals surface area contributed by atoms with E-state index in [-0.39, 0.29) is 17.5 Å². The molecule has 0 atom stereocenters. The summed E-state index contributed by atoms with van der Waals surface area (Å²) in [5.74, 6) is 0. The van der Waals surface area contributed by atoms with Crippen LogP contribution in [0.15, 0.2) is 34.1 Å². The fraction of sp³-hybridized carbons (Fsp3) is 0.609. The number of pyridine rings is 1. The molecule has 0 spiro atoms. The highest BCUT2D eigenvalue weighted by Gasteiger charge is 2.32. The summed E-state index contributed by atoms with van der Waals surface area (Å²) in [7, 11) is -3.44. The standard InChI is InChI=1S/C23H33FN4O4S/c24-12-17-28(33(31,32)19-8-4-3-5-9-19)16-7-2-1-6-13-26-20-21(23(30)22(20)29)27-18-10-14-25-15-11-18/h10-11,14-15,19,26H,1-9,12-13,16-17H2,(H,25,27). The van der Waals surface area contributed by atoms with Crippen LogP contribution in [0.3, 0.4) is 0 Å². The average Bonchev–Trinajstić information content (AvgIpc) is 2.84. The van der Waals surface area contributed by atoms with Gasteiger partial charge < -0.3 is 10.6 Å². The Balaban J connectivity index is 1.39. The second-order valence-electron chi connectivity index (χ2n) is 8.50. The molecule has 0 amide bonds. The lowest BCUT2D eigenvalue weighted by molar-refractivity contribution is 0.339. The first-order valence-electron chi connectivity index (χ1n) is 11.7. The molecule has 1 heterocycles. The van der Waals surface area contributed by atoms with E-state index >= 15 is 0 Å². The van der Waals surface area contributed by atoms with Gasteiger partial charge in [-0.3, -0.25) is 14.6 Å². The third kappa shape index (κ3) is 6.60. The van der Waals surface area contributed by atoms with Crippen molar-refractivity contribution in [3.05, 3.63) is 45.0 Å². The predicted octanol–water partition coefficient (Wildman–Crippen LogP) is 3.33. The van der Waals surface area contributed by atoms with Gasteiger partial charge in [0.2, 0.25) is 10.0 Å². The van der Waals surface area contributed by atoms with Crippen LogP contribution >= 0.6 is 0 Å². The molecule has 1 aromatic heterocycles. The van der Waals surface area contributed by atoms with Crippen molar-refractivity contribution in [3.63, 3.8) is 0 Å². The second-order valence-corrected chi connectivity index (χ2v) is 10.7. The monoisotopic (exact) mass is 480 g/mol. The normalized spacial score (nSPS) is 15.2. The summed E-state index contributed by atoms with van der Waals surface area (Å²) in [6.45, 7) is 0.129. The van der Waals surface area contributed by atoms with Crippen LogP contribution < -0.4 is 21.5 Å². The van der Waals surface area contributed by atoms with Gasteiger partial charge in [-0.1, -0.05) is 32.1 Å². The number of alkyl halides is 1. The first-order valence-corrected chi connectivity index (χ1v) is 13.2. The molecular formula is C23H33FN4O4S. The van der Waals surface area contributed by atoms with E-state index in [0.29, 0.717) is 43.7 Å². The molecule has 8 nitrogen and oxygen atoms in total. The maximum atomic E-state index is 13.0. The lowest BCUT2D eigenvalue weighted by Gasteiger charge is -2.29. The minimum Gasteiger partial charge on any atom is -0.380 e. The quantitative estimate of drug-likeness (QED) is 0.315. The number of sulfonamides is 1. The topological polar surface area (TPSA) is 108 Å². The summed E-state index contributed by atoms with van der Waals surface area (Å²) in [6.07, 6.45) is 10.5. The molecular weight excluding hydrogens is 447 g/mol. The van der Waals surface area contributed by atoms with E-state index in [1.54, 1.807) is 24.5 Å². The van der Waals surface area contributed by atoms with Crippen LogP contribution in [0.4, 0.5) is 21.5 Å². The lowest BCUT2D eigenvalue weighted by Crippen LogP contribution is -2.41. The van der Waals surface area contributed by atoms with Gasteiger partial charge in [0.15, 0.2) is 0 Å². The van der Waals surface area contributed by atoms with Crippen LogP contribution in [0.1, 0.15) is 57.8 Å². The fourth-order valence-electron chi connectivity index (χ4n) is 4.27. The molecule has 2 aromatic rings. The van der Waals surface area contributed by atoms with E-state index in [2.05, 4.69) is 15.6 Å². The highest BCUT2D eigenvalue weighted by molar-refractivity contribution is 7.89. The zero-order valence-electron chi connectivity index (χ0n) is 18.9. The van der Waals surface area contributed by atoms with Gasteiger partial charge in [0.25, 0.3) is 10.9 Å². The number of halogens is 1. The molecule has 1 aliphatic rings. The summed E-state index contributed by atoms with van der Waals surface area (Å²) >= 11 is 0. The Labute approximate surface area is 194 Å². The van der Waals surface area contributed by atoms with Crippen LogP contribution in [0.25, 0.3) is 0 Å². The highest BCUT2D eigenvalue weighted by Crippen LogP contribution is 2.26. The average molecular weight is 481 g/mol. The minimum atomic E-state index is -3.44. The Kier molecular flexibility index (Phi) is 9.37. The Bertz CT molecular complexity index is 1050. The molecule has 10 heteroatoms. The molecule has 33 heavy (non-hydrogen) atoms. The molecule has 0 unspecified atom stereocenters. The van der Waals surface area contributed by atoms with Gasteiger partial charge in [-0.25, -0.2) is 12.8 Å². The third-order valence-electron chi connectivity index (χ3n) is 6.16. The molecule has 182 valence electrons. The van der Waals surface area contributed by atoms with E-state index in [9.17, 15) is 22.4 Å². The maximum Gasteiger partial charge on any atom is 0.253 e. The molecule has 1 fully saturated rings. The number of aromatic nitrogens is 1. The van der Waals surface area contributed by atoms with Crippen molar-refractivity contribution in [2.45, 2.75) is 63.0 Å². The van der Waals surface area contributed by atoms with Crippen LogP contribution in [0.2, 0.25) is 0 Å². The first-order chi connectivity index (χ1) is 15.9. The highest BCUT2D eigenvalue weighted by atomic mass is 32.2. The number of rotatable bonds is 14. The molecule has 0 bridgehead atoms. The predicted molar refractivity (Wildman–Crippen MR) is 129 cm³/mol. The van der Waals surface area contributed by atoms with E-state index < -0.39 is 27.6 Å². The summed E-state index contributed by atoms with van der Waals surface area (Å²) in [4.78, 5) is 27.6. The van der Waals surface area contributed by atoms with Crippen molar-refractivity contribution < 1.29 is 12.8 Å². The molecule has 1 aliphatic carbocycles. The summed E-state index contributed by atoms with van der Waals surface area (Å²) in [5.41, 5.74) is 0.175. The van der Waals surface area contributed by atoms with Gasteiger partial charge in [-0.15, -0.1) is 0 Å². The maximum absolute atomic E-state index is 13.0. The number of nitrogens with one attached hydrogen (secondary N) is 2. The molecule has 2 N–H and O–H groups in total. The van der Waals surface area contributed by atoms with Crippen molar-refractivity contribution >= 4 is 27.1 Å². The van der Waals surface area contributed by atoms with Crippen LogP contribution in [0.5, 0.6) is 0 Å². The van der Waals surface area contributed by atoms with E-state index in [0.717, 1.165) is 38.5 Å². The number of unbranched alkanes of at least 4 members (excludes halogenated alkanes) is 3. The van der Waals surface area contributed by atoms with Crippen LogP contribution in [0, 0.1) is 0 Å². The van der Waals surface area contributed by atoms with Gasteiger partial charge >= 0.3 is 0 Å². The van der Waals surface area contributed by atoms with Gasteiger partial charge in [0, 0.05) is 37.7 Å². The van der Waals surface area contributed by atoms with Crippen LogP contribution in [-0.2, 0) is 10.0 Å². The number of hydrogen-bond donors (Lipinski definition) is 2. The van der Waals surface area contributed by atoms with E-state index in [4.69, 9.17) is 0 Å². The molecule has 0 aliphatic heterocycles. The van der Waals surface area contributed by atoms with Crippen molar-refractivity contribution in [3.8, 4) is 0 Å². The Hall–Kier alpha value is -2.33. The second kappa shape index (κ2) is 12.2. The molecule has 0 radical (unpaired) electrons. The van der Waals surface area contributed by atoms with Gasteiger partial charge in [-0.05, 0) is 37.8 Å². The third-order valence-corrected chi connectivity index (χ3v) is 8.56.